The molecule has 0 aliphatic heterocycles. The van der Waals surface area contributed by atoms with Gasteiger partial charge in [-0.25, -0.2) is 13.1 Å². The van der Waals surface area contributed by atoms with Crippen LogP contribution < -0.4 is 10.0 Å². The normalized spacial score (nSPS) is 11.2. The van der Waals surface area contributed by atoms with Crippen LogP contribution in [0.2, 0.25) is 0 Å². The molecule has 0 bridgehead atoms. The number of amides is 1. The number of carbonyl (C=O) groups is 1. The SMILES string of the molecule is CNS(=O)(=O)Cc1ccccc1CNC(=O)CCc1ccccc1. The van der Waals surface area contributed by atoms with E-state index in [1.807, 2.05) is 42.5 Å². The molecule has 128 valence electrons. The fourth-order valence-corrected chi connectivity index (χ4v) is 3.17. The number of nitrogens with one attached hydrogen (secondary N) is 2. The molecule has 1 amide bonds. The molecular weight excluding hydrogens is 324 g/mol. The highest BCUT2D eigenvalue weighted by Gasteiger charge is 2.12. The minimum Gasteiger partial charge on any atom is -0.352 e. The zero-order valence-electron chi connectivity index (χ0n) is 13.7. The summed E-state index contributed by atoms with van der Waals surface area (Å²) in [6.45, 7) is 0.322. The minimum absolute atomic E-state index is 0.0508. The third-order valence-corrected chi connectivity index (χ3v) is 5.05. The maximum Gasteiger partial charge on any atom is 0.220 e. The Kier molecular flexibility index (Phi) is 6.52. The van der Waals surface area contributed by atoms with Crippen molar-refractivity contribution in [3.05, 3.63) is 71.3 Å². The first-order chi connectivity index (χ1) is 11.5. The number of aryl methyl sites for hydroxylation is 1. The Bertz CT molecular complexity index is 774. The summed E-state index contributed by atoms with van der Waals surface area (Å²) < 4.78 is 25.7. The summed E-state index contributed by atoms with van der Waals surface area (Å²) in [5.74, 6) is -0.148. The van der Waals surface area contributed by atoms with Crippen molar-refractivity contribution in [1.82, 2.24) is 10.0 Å². The van der Waals surface area contributed by atoms with Crippen LogP contribution >= 0.6 is 0 Å². The van der Waals surface area contributed by atoms with Gasteiger partial charge in [0.2, 0.25) is 15.9 Å². The largest absolute Gasteiger partial charge is 0.352 e. The first-order valence-corrected chi connectivity index (χ1v) is 9.44. The Labute approximate surface area is 143 Å². The van der Waals surface area contributed by atoms with Gasteiger partial charge in [0.1, 0.15) is 0 Å². The van der Waals surface area contributed by atoms with Crippen molar-refractivity contribution in [3.8, 4) is 0 Å². The van der Waals surface area contributed by atoms with Crippen molar-refractivity contribution >= 4 is 15.9 Å². The predicted molar refractivity (Wildman–Crippen MR) is 94.7 cm³/mol. The first-order valence-electron chi connectivity index (χ1n) is 7.79. The molecule has 0 spiro atoms. The van der Waals surface area contributed by atoms with Gasteiger partial charge >= 0.3 is 0 Å². The van der Waals surface area contributed by atoms with Crippen LogP contribution in [0.3, 0.4) is 0 Å². The van der Waals surface area contributed by atoms with E-state index in [9.17, 15) is 13.2 Å². The molecule has 2 aromatic carbocycles. The molecule has 5 nitrogen and oxygen atoms in total. The number of benzene rings is 2. The molecule has 6 heteroatoms. The summed E-state index contributed by atoms with van der Waals surface area (Å²) in [6.07, 6.45) is 1.09. The lowest BCUT2D eigenvalue weighted by atomic mass is 10.1. The molecule has 2 aromatic rings. The highest BCUT2D eigenvalue weighted by molar-refractivity contribution is 7.88. The van der Waals surface area contributed by atoms with Gasteiger partial charge in [-0.05, 0) is 30.2 Å². The van der Waals surface area contributed by atoms with Crippen molar-refractivity contribution in [2.45, 2.75) is 25.1 Å². The van der Waals surface area contributed by atoms with Crippen LogP contribution in [0.1, 0.15) is 23.1 Å². The second-order valence-corrected chi connectivity index (χ2v) is 7.42. The van der Waals surface area contributed by atoms with Crippen LogP contribution in [0.5, 0.6) is 0 Å². The molecule has 24 heavy (non-hydrogen) atoms. The highest BCUT2D eigenvalue weighted by atomic mass is 32.2. The zero-order valence-corrected chi connectivity index (χ0v) is 14.5. The maximum atomic E-state index is 12.0. The van der Waals surface area contributed by atoms with Crippen LogP contribution in [-0.2, 0) is 33.5 Å². The number of sulfonamides is 1. The average molecular weight is 346 g/mol. The van der Waals surface area contributed by atoms with E-state index < -0.39 is 10.0 Å². The lowest BCUT2D eigenvalue weighted by molar-refractivity contribution is -0.121. The fourth-order valence-electron chi connectivity index (χ4n) is 2.33. The maximum absolute atomic E-state index is 12.0. The van der Waals surface area contributed by atoms with Crippen LogP contribution in [-0.4, -0.2) is 21.4 Å². The summed E-state index contributed by atoms with van der Waals surface area (Å²) in [5, 5.41) is 2.86. The first kappa shape index (κ1) is 18.2. The lowest BCUT2D eigenvalue weighted by Gasteiger charge is -2.11. The zero-order chi connectivity index (χ0) is 17.4. The van der Waals surface area contributed by atoms with Gasteiger partial charge in [0.05, 0.1) is 5.75 Å². The van der Waals surface area contributed by atoms with Crippen LogP contribution in [0, 0.1) is 0 Å². The number of carbonyl (C=O) groups excluding carboxylic acids is 1. The second kappa shape index (κ2) is 8.61. The molecule has 2 N–H and O–H groups in total. The molecule has 0 unspecified atom stereocenters. The molecule has 0 fully saturated rings. The van der Waals surface area contributed by atoms with E-state index in [0.717, 1.165) is 11.1 Å². The van der Waals surface area contributed by atoms with E-state index in [4.69, 9.17) is 0 Å². The summed E-state index contributed by atoms with van der Waals surface area (Å²) in [6, 6.07) is 17.0. The van der Waals surface area contributed by atoms with Gasteiger partial charge in [-0.15, -0.1) is 0 Å². The van der Waals surface area contributed by atoms with E-state index in [-0.39, 0.29) is 11.7 Å². The Morgan fingerprint density at radius 2 is 1.58 bits per heavy atom. The summed E-state index contributed by atoms with van der Waals surface area (Å²) >= 11 is 0. The quantitative estimate of drug-likeness (QED) is 0.767. The molecule has 0 radical (unpaired) electrons. The summed E-state index contributed by atoms with van der Waals surface area (Å²) in [5.41, 5.74) is 2.62. The van der Waals surface area contributed by atoms with Crippen molar-refractivity contribution < 1.29 is 13.2 Å². The lowest BCUT2D eigenvalue weighted by Crippen LogP contribution is -2.25. The molecule has 0 aliphatic rings. The van der Waals surface area contributed by atoms with Gasteiger partial charge in [0.25, 0.3) is 0 Å². The average Bonchev–Trinajstić information content (AvgIpc) is 2.60. The molecule has 0 saturated carbocycles. The molecule has 2 rings (SSSR count). The number of rotatable bonds is 8. The monoisotopic (exact) mass is 346 g/mol. The van der Waals surface area contributed by atoms with E-state index in [1.165, 1.54) is 7.05 Å². The Morgan fingerprint density at radius 3 is 2.25 bits per heavy atom. The third-order valence-electron chi connectivity index (χ3n) is 3.73. The van der Waals surface area contributed by atoms with E-state index in [2.05, 4.69) is 10.0 Å². The topological polar surface area (TPSA) is 75.3 Å². The summed E-state index contributed by atoms with van der Waals surface area (Å²) in [4.78, 5) is 12.0. The van der Waals surface area contributed by atoms with Gasteiger partial charge in [-0.2, -0.15) is 0 Å². The second-order valence-electron chi connectivity index (χ2n) is 5.49. The van der Waals surface area contributed by atoms with E-state index in [0.29, 0.717) is 24.9 Å². The molecule has 0 aliphatic carbocycles. The van der Waals surface area contributed by atoms with Gasteiger partial charge in [-0.3, -0.25) is 4.79 Å². The smallest absolute Gasteiger partial charge is 0.220 e. The van der Waals surface area contributed by atoms with Gasteiger partial charge in [0.15, 0.2) is 0 Å². The summed E-state index contributed by atoms with van der Waals surface area (Å²) in [7, 11) is -1.95. The third kappa shape index (κ3) is 5.79. The van der Waals surface area contributed by atoms with Gasteiger partial charge in [-0.1, -0.05) is 54.6 Å². The van der Waals surface area contributed by atoms with Crippen molar-refractivity contribution in [2.24, 2.45) is 0 Å². The fraction of sp³-hybridized carbons (Fsp3) is 0.278. The highest BCUT2D eigenvalue weighted by Crippen LogP contribution is 2.12. The molecule has 0 aromatic heterocycles. The Morgan fingerprint density at radius 1 is 0.958 bits per heavy atom. The standard InChI is InChI=1S/C18H22N2O3S/c1-19-24(22,23)14-17-10-6-5-9-16(17)13-20-18(21)12-11-15-7-3-2-4-8-15/h2-10,19H,11-14H2,1H3,(H,20,21). The molecule has 0 heterocycles. The Balaban J connectivity index is 1.91. The minimum atomic E-state index is -3.34. The van der Waals surface area contributed by atoms with Crippen LogP contribution in [0.25, 0.3) is 0 Å². The van der Waals surface area contributed by atoms with Gasteiger partial charge < -0.3 is 5.32 Å². The van der Waals surface area contributed by atoms with E-state index >= 15 is 0 Å². The predicted octanol–water partition coefficient (Wildman–Crippen LogP) is 1.98. The van der Waals surface area contributed by atoms with Crippen LogP contribution in [0.4, 0.5) is 0 Å². The molecule has 0 atom stereocenters. The van der Waals surface area contributed by atoms with Crippen LogP contribution in [0.15, 0.2) is 54.6 Å². The van der Waals surface area contributed by atoms with Crippen molar-refractivity contribution in [2.75, 3.05) is 7.05 Å². The molecule has 0 saturated heterocycles. The van der Waals surface area contributed by atoms with Crippen molar-refractivity contribution in [3.63, 3.8) is 0 Å². The van der Waals surface area contributed by atoms with Gasteiger partial charge in [0, 0.05) is 13.0 Å². The molecular formula is C18H22N2O3S. The Hall–Kier alpha value is -2.18. The number of hydrogen-bond donors (Lipinski definition) is 2. The van der Waals surface area contributed by atoms with E-state index in [1.54, 1.807) is 12.1 Å². The number of hydrogen-bond acceptors (Lipinski definition) is 3. The van der Waals surface area contributed by atoms with Crippen molar-refractivity contribution in [1.29, 1.82) is 0 Å².